The molecule has 2 aromatic carbocycles. The molecule has 0 bridgehead atoms. The van der Waals surface area contributed by atoms with Gasteiger partial charge in [0, 0.05) is 25.8 Å². The molecule has 0 aromatic heterocycles. The Morgan fingerprint density at radius 2 is 2.00 bits per heavy atom. The van der Waals surface area contributed by atoms with Gasteiger partial charge in [-0.05, 0) is 36.2 Å². The fraction of sp³-hybridized carbons (Fsp3) is 0.294. The van der Waals surface area contributed by atoms with Crippen molar-refractivity contribution in [3.8, 4) is 5.75 Å². The van der Waals surface area contributed by atoms with Crippen molar-refractivity contribution < 1.29 is 4.74 Å². The second-order valence-corrected chi connectivity index (χ2v) is 5.11. The number of ether oxygens (including phenoxy) is 1. The highest BCUT2D eigenvalue weighted by molar-refractivity contribution is 5.59. The zero-order valence-electron chi connectivity index (χ0n) is 11.8. The minimum atomic E-state index is 0.753. The van der Waals surface area contributed by atoms with Crippen LogP contribution in [0.15, 0.2) is 48.5 Å². The predicted octanol–water partition coefficient (Wildman–Crippen LogP) is 3.17. The third kappa shape index (κ3) is 2.87. The van der Waals surface area contributed by atoms with Gasteiger partial charge < -0.3 is 15.0 Å². The summed E-state index contributed by atoms with van der Waals surface area (Å²) in [7, 11) is 2.13. The van der Waals surface area contributed by atoms with Gasteiger partial charge >= 0.3 is 0 Å². The molecule has 3 rings (SSSR count). The third-order valence-electron chi connectivity index (χ3n) is 3.65. The second-order valence-electron chi connectivity index (χ2n) is 5.11. The van der Waals surface area contributed by atoms with Crippen LogP contribution in [0.2, 0.25) is 0 Å². The Labute approximate surface area is 120 Å². The van der Waals surface area contributed by atoms with Gasteiger partial charge in [-0.2, -0.15) is 0 Å². The van der Waals surface area contributed by atoms with E-state index in [2.05, 4.69) is 59.7 Å². The van der Waals surface area contributed by atoms with Crippen molar-refractivity contribution in [3.63, 3.8) is 0 Å². The number of nitrogens with one attached hydrogen (secondary N) is 1. The van der Waals surface area contributed by atoms with Crippen LogP contribution in [0.3, 0.4) is 0 Å². The first-order valence-electron chi connectivity index (χ1n) is 7.09. The van der Waals surface area contributed by atoms with Gasteiger partial charge in [-0.15, -0.1) is 0 Å². The van der Waals surface area contributed by atoms with E-state index >= 15 is 0 Å². The van der Waals surface area contributed by atoms with Crippen molar-refractivity contribution in [3.05, 3.63) is 54.1 Å². The van der Waals surface area contributed by atoms with Gasteiger partial charge in [0.1, 0.15) is 12.4 Å². The number of likely N-dealkylation sites (N-methyl/N-ethyl adjacent to an activating group) is 1. The van der Waals surface area contributed by atoms with E-state index in [4.69, 9.17) is 4.74 Å². The lowest BCUT2D eigenvalue weighted by Crippen LogP contribution is -2.21. The molecular weight excluding hydrogens is 248 g/mol. The Kier molecular flexibility index (Phi) is 3.77. The highest BCUT2D eigenvalue weighted by Crippen LogP contribution is 2.28. The van der Waals surface area contributed by atoms with Crippen molar-refractivity contribution >= 4 is 11.4 Å². The van der Waals surface area contributed by atoms with E-state index in [0.717, 1.165) is 37.6 Å². The first-order chi connectivity index (χ1) is 9.83. The molecule has 104 valence electrons. The molecule has 0 aliphatic carbocycles. The Bertz CT molecular complexity index is 568. The monoisotopic (exact) mass is 268 g/mol. The van der Waals surface area contributed by atoms with Crippen molar-refractivity contribution in [2.24, 2.45) is 0 Å². The molecule has 20 heavy (non-hydrogen) atoms. The summed E-state index contributed by atoms with van der Waals surface area (Å²) in [4.78, 5) is 2.28. The van der Waals surface area contributed by atoms with Crippen LogP contribution in [0.1, 0.15) is 5.56 Å². The van der Waals surface area contributed by atoms with Crippen LogP contribution < -0.4 is 15.0 Å². The van der Waals surface area contributed by atoms with Crippen molar-refractivity contribution in [1.82, 2.24) is 0 Å². The molecule has 0 amide bonds. The number of fused-ring (bicyclic) bond motifs is 1. The standard InChI is InChI=1S/C17H20N2O/c1-19(15-5-3-2-4-6-15)11-9-14-7-8-17-16(13-14)18-10-12-20-17/h2-8,13,18H,9-12H2,1H3. The Balaban J connectivity index is 1.64. The van der Waals surface area contributed by atoms with E-state index in [1.807, 2.05) is 6.07 Å². The summed E-state index contributed by atoms with van der Waals surface area (Å²) < 4.78 is 5.60. The molecule has 3 heteroatoms. The first-order valence-corrected chi connectivity index (χ1v) is 7.09. The van der Waals surface area contributed by atoms with E-state index in [-0.39, 0.29) is 0 Å². The molecule has 2 aromatic rings. The van der Waals surface area contributed by atoms with Gasteiger partial charge in [-0.1, -0.05) is 24.3 Å². The smallest absolute Gasteiger partial charge is 0.142 e. The SMILES string of the molecule is CN(CCc1ccc2c(c1)NCCO2)c1ccccc1. The summed E-state index contributed by atoms with van der Waals surface area (Å²) in [6.45, 7) is 2.65. The Hall–Kier alpha value is -2.16. The van der Waals surface area contributed by atoms with Crippen LogP contribution in [0, 0.1) is 0 Å². The quantitative estimate of drug-likeness (QED) is 0.921. The van der Waals surface area contributed by atoms with Crippen molar-refractivity contribution in [2.75, 3.05) is 37.0 Å². The summed E-state index contributed by atoms with van der Waals surface area (Å²) in [5.74, 6) is 0.969. The molecule has 0 fully saturated rings. The predicted molar refractivity (Wildman–Crippen MR) is 83.8 cm³/mol. The largest absolute Gasteiger partial charge is 0.490 e. The lowest BCUT2D eigenvalue weighted by atomic mass is 10.1. The van der Waals surface area contributed by atoms with E-state index in [1.165, 1.54) is 11.3 Å². The van der Waals surface area contributed by atoms with Gasteiger partial charge in [0.2, 0.25) is 0 Å². The molecule has 0 saturated carbocycles. The highest BCUT2D eigenvalue weighted by atomic mass is 16.5. The van der Waals surface area contributed by atoms with Crippen LogP contribution >= 0.6 is 0 Å². The molecule has 0 saturated heterocycles. The Morgan fingerprint density at radius 1 is 1.15 bits per heavy atom. The number of hydrogen-bond donors (Lipinski definition) is 1. The molecule has 0 unspecified atom stereocenters. The van der Waals surface area contributed by atoms with E-state index in [9.17, 15) is 0 Å². The van der Waals surface area contributed by atoms with Crippen LogP contribution in [-0.2, 0) is 6.42 Å². The van der Waals surface area contributed by atoms with Gasteiger partial charge in [0.05, 0.1) is 5.69 Å². The maximum Gasteiger partial charge on any atom is 0.142 e. The van der Waals surface area contributed by atoms with Crippen LogP contribution in [-0.4, -0.2) is 26.7 Å². The molecule has 3 nitrogen and oxygen atoms in total. The first kappa shape index (κ1) is 12.9. The van der Waals surface area contributed by atoms with Gasteiger partial charge in [0.15, 0.2) is 0 Å². The fourth-order valence-corrected chi connectivity index (χ4v) is 2.45. The minimum absolute atomic E-state index is 0.753. The lowest BCUT2D eigenvalue weighted by molar-refractivity contribution is 0.323. The molecule has 0 radical (unpaired) electrons. The number of nitrogens with zero attached hydrogens (tertiary/aromatic N) is 1. The van der Waals surface area contributed by atoms with Crippen LogP contribution in [0.5, 0.6) is 5.75 Å². The maximum absolute atomic E-state index is 5.60. The number of benzene rings is 2. The number of rotatable bonds is 4. The highest BCUT2D eigenvalue weighted by Gasteiger charge is 2.10. The zero-order chi connectivity index (χ0) is 13.8. The van der Waals surface area contributed by atoms with Crippen molar-refractivity contribution in [2.45, 2.75) is 6.42 Å². The third-order valence-corrected chi connectivity index (χ3v) is 3.65. The van der Waals surface area contributed by atoms with Gasteiger partial charge in [-0.25, -0.2) is 0 Å². The lowest BCUT2D eigenvalue weighted by Gasteiger charge is -2.21. The van der Waals surface area contributed by atoms with Gasteiger partial charge in [0.25, 0.3) is 0 Å². The van der Waals surface area contributed by atoms with Crippen molar-refractivity contribution in [1.29, 1.82) is 0 Å². The summed E-state index contributed by atoms with van der Waals surface area (Å²) in [5, 5.41) is 3.38. The van der Waals surface area contributed by atoms with E-state index in [0.29, 0.717) is 0 Å². The molecule has 1 N–H and O–H groups in total. The molecule has 1 aliphatic rings. The topological polar surface area (TPSA) is 24.5 Å². The molecule has 1 aliphatic heterocycles. The summed E-state index contributed by atoms with van der Waals surface area (Å²) in [6, 6.07) is 16.9. The summed E-state index contributed by atoms with van der Waals surface area (Å²) in [5.41, 5.74) is 3.72. The normalized spacial score (nSPS) is 13.1. The maximum atomic E-state index is 5.60. The number of para-hydroxylation sites is 1. The average molecular weight is 268 g/mol. The van der Waals surface area contributed by atoms with E-state index < -0.39 is 0 Å². The average Bonchev–Trinajstić information content (AvgIpc) is 2.53. The number of anilines is 2. The van der Waals surface area contributed by atoms with Crippen LogP contribution in [0.4, 0.5) is 11.4 Å². The van der Waals surface area contributed by atoms with Gasteiger partial charge in [-0.3, -0.25) is 0 Å². The fourth-order valence-electron chi connectivity index (χ4n) is 2.45. The van der Waals surface area contributed by atoms with E-state index in [1.54, 1.807) is 0 Å². The second kappa shape index (κ2) is 5.87. The molecule has 1 heterocycles. The minimum Gasteiger partial charge on any atom is -0.490 e. The molecular formula is C17H20N2O. The number of hydrogen-bond acceptors (Lipinski definition) is 3. The van der Waals surface area contributed by atoms with Crippen LogP contribution in [0.25, 0.3) is 0 Å². The molecule has 0 atom stereocenters. The molecule has 0 spiro atoms. The summed E-state index contributed by atoms with van der Waals surface area (Å²) >= 11 is 0. The summed E-state index contributed by atoms with van der Waals surface area (Å²) in [6.07, 6.45) is 1.03. The Morgan fingerprint density at radius 3 is 2.85 bits per heavy atom. The zero-order valence-corrected chi connectivity index (χ0v) is 11.8.